The number of pyridine rings is 1. The highest BCUT2D eigenvalue weighted by atomic mass is 19.1. The number of esters is 1. The molecule has 0 spiro atoms. The molecule has 5 rings (SSSR count). The van der Waals surface area contributed by atoms with Gasteiger partial charge in [-0.2, -0.15) is 0 Å². The molecule has 0 radical (unpaired) electrons. The summed E-state index contributed by atoms with van der Waals surface area (Å²) in [7, 11) is 0. The molecule has 5 nitrogen and oxygen atoms in total. The smallest absolute Gasteiger partial charge is 0.309 e. The van der Waals surface area contributed by atoms with Crippen molar-refractivity contribution in [2.75, 3.05) is 0 Å². The topological polar surface area (TPSA) is 68.3 Å². The van der Waals surface area contributed by atoms with Crippen LogP contribution in [0, 0.1) is 35.4 Å². The number of amides is 1. The van der Waals surface area contributed by atoms with Crippen molar-refractivity contribution in [3.05, 3.63) is 60.2 Å². The van der Waals surface area contributed by atoms with Crippen LogP contribution >= 0.6 is 0 Å². The number of cyclic esters (lactones) is 1. The lowest BCUT2D eigenvalue weighted by Crippen LogP contribution is -2.48. The number of hydrogen-bond donors (Lipinski definition) is 1. The van der Waals surface area contributed by atoms with Crippen molar-refractivity contribution in [3.63, 3.8) is 0 Å². The summed E-state index contributed by atoms with van der Waals surface area (Å²) < 4.78 is 19.2. The van der Waals surface area contributed by atoms with Crippen LogP contribution in [0.1, 0.15) is 45.2 Å². The van der Waals surface area contributed by atoms with E-state index in [2.05, 4.69) is 22.5 Å². The lowest BCUT2D eigenvalue weighted by atomic mass is 9.57. The molecule has 1 aromatic heterocycles. The van der Waals surface area contributed by atoms with Gasteiger partial charge in [-0.25, -0.2) is 4.39 Å². The van der Waals surface area contributed by atoms with Crippen molar-refractivity contribution in [1.82, 2.24) is 10.3 Å². The maximum Gasteiger partial charge on any atom is 0.309 e. The van der Waals surface area contributed by atoms with Gasteiger partial charge in [0.1, 0.15) is 11.9 Å². The van der Waals surface area contributed by atoms with Crippen molar-refractivity contribution < 1.29 is 18.7 Å². The Kier molecular flexibility index (Phi) is 6.24. The fraction of sp³-hybridized carbons (Fsp3) is 0.464. The number of halogens is 1. The Bertz CT molecular complexity index is 1100. The first-order chi connectivity index (χ1) is 16.4. The van der Waals surface area contributed by atoms with Crippen LogP contribution < -0.4 is 5.32 Å². The first-order valence-electron chi connectivity index (χ1n) is 12.3. The number of fused-ring (bicyclic) bond motifs is 2. The molecule has 1 saturated heterocycles. The van der Waals surface area contributed by atoms with Crippen molar-refractivity contribution >= 4 is 18.0 Å². The maximum atomic E-state index is 13.6. The van der Waals surface area contributed by atoms with Gasteiger partial charge in [0, 0.05) is 30.6 Å². The lowest BCUT2D eigenvalue weighted by Gasteiger charge is -2.47. The van der Waals surface area contributed by atoms with Gasteiger partial charge in [-0.3, -0.25) is 14.6 Å². The number of carbonyl (C=O) groups is 2. The third kappa shape index (κ3) is 4.50. The Balaban J connectivity index is 1.37. The normalized spacial score (nSPS) is 32.7. The summed E-state index contributed by atoms with van der Waals surface area (Å²) in [5.74, 6) is 0.850. The Morgan fingerprint density at radius 3 is 2.76 bits per heavy atom. The Morgan fingerprint density at radius 1 is 1.18 bits per heavy atom. The second kappa shape index (κ2) is 9.32. The van der Waals surface area contributed by atoms with Gasteiger partial charge in [-0.1, -0.05) is 24.3 Å². The molecular weight excluding hydrogens is 431 g/mol. The van der Waals surface area contributed by atoms with Gasteiger partial charge in [0.05, 0.1) is 11.6 Å². The highest BCUT2D eigenvalue weighted by molar-refractivity contribution is 5.76. The molecule has 0 bridgehead atoms. The summed E-state index contributed by atoms with van der Waals surface area (Å²) in [5.41, 5.74) is 2.50. The summed E-state index contributed by atoms with van der Waals surface area (Å²) in [6.07, 6.45) is 9.71. The number of benzene rings is 1. The fourth-order valence-electron chi connectivity index (χ4n) is 6.59. The predicted molar refractivity (Wildman–Crippen MR) is 128 cm³/mol. The number of aromatic nitrogens is 1. The van der Waals surface area contributed by atoms with Crippen molar-refractivity contribution in [1.29, 1.82) is 0 Å². The zero-order chi connectivity index (χ0) is 23.8. The van der Waals surface area contributed by atoms with Crippen molar-refractivity contribution in [2.45, 2.75) is 51.7 Å². The van der Waals surface area contributed by atoms with Crippen LogP contribution in [-0.2, 0) is 14.3 Å². The molecule has 7 atom stereocenters. The molecule has 178 valence electrons. The molecule has 34 heavy (non-hydrogen) atoms. The van der Waals surface area contributed by atoms with Gasteiger partial charge in [-0.05, 0) is 80.2 Å². The number of allylic oxidation sites excluding steroid dienone is 1. The van der Waals surface area contributed by atoms with Gasteiger partial charge in [0.2, 0.25) is 5.91 Å². The summed E-state index contributed by atoms with van der Waals surface area (Å²) >= 11 is 0. The minimum Gasteiger partial charge on any atom is -0.462 e. The quantitative estimate of drug-likeness (QED) is 0.648. The second-order valence-electron chi connectivity index (χ2n) is 10.1. The molecule has 2 saturated carbocycles. The maximum absolute atomic E-state index is 13.6. The van der Waals surface area contributed by atoms with E-state index in [0.717, 1.165) is 42.5 Å². The van der Waals surface area contributed by atoms with Crippen LogP contribution in [0.25, 0.3) is 17.2 Å². The average molecular weight is 463 g/mol. The summed E-state index contributed by atoms with van der Waals surface area (Å²) in [4.78, 5) is 28.8. The van der Waals surface area contributed by atoms with Crippen LogP contribution in [-0.4, -0.2) is 29.0 Å². The van der Waals surface area contributed by atoms with Crippen molar-refractivity contribution in [2.24, 2.45) is 29.6 Å². The number of ether oxygens (including phenoxy) is 1. The third-order valence-electron chi connectivity index (χ3n) is 7.99. The van der Waals surface area contributed by atoms with Gasteiger partial charge in [0.25, 0.3) is 0 Å². The Labute approximate surface area is 199 Å². The molecule has 1 N–H and O–H groups in total. The predicted octanol–water partition coefficient (Wildman–Crippen LogP) is 5.02. The lowest BCUT2D eigenvalue weighted by molar-refractivity contribution is -0.144. The molecule has 2 heterocycles. The van der Waals surface area contributed by atoms with Gasteiger partial charge in [0.15, 0.2) is 0 Å². The van der Waals surface area contributed by atoms with Gasteiger partial charge >= 0.3 is 5.97 Å². The molecule has 2 aromatic rings. The first-order valence-corrected chi connectivity index (χ1v) is 12.3. The van der Waals surface area contributed by atoms with Crippen molar-refractivity contribution in [3.8, 4) is 11.1 Å². The molecule has 6 heteroatoms. The number of hydrogen-bond acceptors (Lipinski definition) is 4. The van der Waals surface area contributed by atoms with Crippen LogP contribution in [0.2, 0.25) is 0 Å². The number of nitrogens with one attached hydrogen (secondary N) is 1. The molecule has 1 aliphatic heterocycles. The van der Waals surface area contributed by atoms with E-state index in [1.807, 2.05) is 25.1 Å². The Hall–Kier alpha value is -3.02. The van der Waals surface area contributed by atoms with E-state index < -0.39 is 0 Å². The first kappa shape index (κ1) is 22.8. The molecule has 3 fully saturated rings. The highest BCUT2D eigenvalue weighted by Crippen LogP contribution is 2.53. The largest absolute Gasteiger partial charge is 0.462 e. The molecule has 1 aromatic carbocycles. The molecular formula is C28H31FN2O3. The summed E-state index contributed by atoms with van der Waals surface area (Å²) in [6.45, 7) is 3.58. The molecule has 2 aliphatic carbocycles. The minimum atomic E-state index is -0.265. The highest BCUT2D eigenvalue weighted by Gasteiger charge is 2.54. The number of rotatable bonds is 4. The van der Waals surface area contributed by atoms with E-state index in [9.17, 15) is 14.0 Å². The fourth-order valence-corrected chi connectivity index (χ4v) is 6.59. The van der Waals surface area contributed by atoms with E-state index in [1.54, 1.807) is 19.2 Å². The standard InChI is InChI=1S/C28H31FN2O3/c1-16-27-25(11-8-22-7-6-19(15-30-22)18-4-3-5-21(29)12-18)24-10-9-23(31-17(2)32)13-20(24)14-26(27)28(33)34-16/h3-8,11-12,15-16,20,23-27H,9-10,13-14H2,1-2H3,(H,31,32)/b11-8+/t16-,20+,23-,24-,25+,26-,27+/m1/s1. The molecule has 1 amide bonds. The Morgan fingerprint density at radius 2 is 2.03 bits per heavy atom. The van der Waals surface area contributed by atoms with Gasteiger partial charge in [-0.15, -0.1) is 0 Å². The molecule has 0 unspecified atom stereocenters. The SMILES string of the molecule is CC(=O)N[C@@H]1CC[C@@H]2[C@@H](C1)C[C@H]1C(=O)O[C@H](C)[C@H]1[C@H]2/C=C/c1ccc(-c2cccc(F)c2)cn1. The van der Waals surface area contributed by atoms with Crippen LogP contribution in [0.3, 0.4) is 0 Å². The van der Waals surface area contributed by atoms with Crippen LogP contribution in [0.4, 0.5) is 4.39 Å². The van der Waals surface area contributed by atoms with Crippen LogP contribution in [0.5, 0.6) is 0 Å². The summed E-state index contributed by atoms with van der Waals surface area (Å²) in [5, 5.41) is 3.08. The zero-order valence-electron chi connectivity index (χ0n) is 19.6. The minimum absolute atomic E-state index is 0.00948. The zero-order valence-corrected chi connectivity index (χ0v) is 19.6. The van der Waals surface area contributed by atoms with E-state index in [-0.39, 0.29) is 47.6 Å². The monoisotopic (exact) mass is 462 g/mol. The number of carbonyl (C=O) groups excluding carboxylic acids is 2. The third-order valence-corrected chi connectivity index (χ3v) is 7.99. The van der Waals surface area contributed by atoms with E-state index in [0.29, 0.717) is 11.8 Å². The van der Waals surface area contributed by atoms with E-state index >= 15 is 0 Å². The van der Waals surface area contributed by atoms with E-state index in [4.69, 9.17) is 4.74 Å². The van der Waals surface area contributed by atoms with Crippen LogP contribution in [0.15, 0.2) is 48.7 Å². The molecule has 3 aliphatic rings. The second-order valence-corrected chi connectivity index (χ2v) is 10.1. The average Bonchev–Trinajstić information content (AvgIpc) is 3.09. The number of nitrogens with zero attached hydrogens (tertiary/aromatic N) is 1. The summed E-state index contributed by atoms with van der Waals surface area (Å²) in [6, 6.07) is 10.6. The van der Waals surface area contributed by atoms with E-state index in [1.165, 1.54) is 12.1 Å². The van der Waals surface area contributed by atoms with Gasteiger partial charge < -0.3 is 10.1 Å².